The molecular formula is C11H12FN5O. The summed E-state index contributed by atoms with van der Waals surface area (Å²) in [6, 6.07) is 5.93. The number of nitrogen functional groups attached to an aromatic ring is 2. The zero-order chi connectivity index (χ0) is 13.1. The summed E-state index contributed by atoms with van der Waals surface area (Å²) in [4.78, 5) is 7.62. The van der Waals surface area contributed by atoms with Crippen LogP contribution in [0, 0.1) is 12.7 Å². The topological polar surface area (TPSA) is 99.1 Å². The van der Waals surface area contributed by atoms with Gasteiger partial charge < -0.3 is 15.9 Å². The van der Waals surface area contributed by atoms with Crippen molar-refractivity contribution in [2.45, 2.75) is 6.92 Å². The van der Waals surface area contributed by atoms with E-state index in [2.05, 4.69) is 15.4 Å². The third kappa shape index (κ3) is 2.64. The van der Waals surface area contributed by atoms with Gasteiger partial charge in [-0.1, -0.05) is 6.07 Å². The lowest BCUT2D eigenvalue weighted by Crippen LogP contribution is -2.10. The summed E-state index contributed by atoms with van der Waals surface area (Å²) >= 11 is 0. The molecule has 0 aliphatic rings. The fourth-order valence-electron chi connectivity index (χ4n) is 1.37. The number of benzene rings is 1. The van der Waals surface area contributed by atoms with E-state index in [0.717, 1.165) is 5.56 Å². The van der Waals surface area contributed by atoms with Crippen molar-refractivity contribution in [3.05, 3.63) is 35.6 Å². The Morgan fingerprint density at radius 1 is 1.28 bits per heavy atom. The van der Waals surface area contributed by atoms with Gasteiger partial charge in [0, 0.05) is 6.07 Å². The second kappa shape index (κ2) is 4.84. The second-order valence-electron chi connectivity index (χ2n) is 3.63. The summed E-state index contributed by atoms with van der Waals surface area (Å²) < 4.78 is 18.8. The summed E-state index contributed by atoms with van der Waals surface area (Å²) in [5, 5.41) is 0. The fraction of sp³-hybridized carbons (Fsp3) is 0.0909. The Balaban J connectivity index is 2.33. The Hall–Kier alpha value is -2.41. The highest BCUT2D eigenvalue weighted by Crippen LogP contribution is 2.25. The zero-order valence-corrected chi connectivity index (χ0v) is 9.64. The number of hydrogen-bond donors (Lipinski definition) is 3. The van der Waals surface area contributed by atoms with Crippen LogP contribution < -0.4 is 21.7 Å². The summed E-state index contributed by atoms with van der Waals surface area (Å²) in [7, 11) is 0. The van der Waals surface area contributed by atoms with Crippen LogP contribution in [0.25, 0.3) is 0 Å². The number of nitrogens with zero attached hydrogens (tertiary/aromatic N) is 2. The molecule has 7 heteroatoms. The molecule has 2 aromatic rings. The van der Waals surface area contributed by atoms with Crippen molar-refractivity contribution in [1.29, 1.82) is 0 Å². The maximum atomic E-state index is 13.5. The number of rotatable bonds is 3. The number of aryl methyl sites for hydroxylation is 1. The number of anilines is 2. The molecule has 0 bridgehead atoms. The molecule has 0 saturated carbocycles. The average molecular weight is 249 g/mol. The molecule has 1 aromatic heterocycles. The molecule has 0 aliphatic heterocycles. The number of nitrogens with two attached hydrogens (primary N) is 2. The first-order valence-corrected chi connectivity index (χ1v) is 5.13. The molecule has 0 saturated heterocycles. The molecule has 18 heavy (non-hydrogen) atoms. The van der Waals surface area contributed by atoms with E-state index in [-0.39, 0.29) is 23.4 Å². The monoisotopic (exact) mass is 249 g/mol. The first-order valence-electron chi connectivity index (χ1n) is 5.13. The number of ether oxygens (including phenoxy) is 1. The minimum Gasteiger partial charge on any atom is -0.436 e. The van der Waals surface area contributed by atoms with Crippen molar-refractivity contribution < 1.29 is 9.13 Å². The number of halogens is 1. The largest absolute Gasteiger partial charge is 0.436 e. The van der Waals surface area contributed by atoms with Crippen LogP contribution in [0.5, 0.6) is 11.6 Å². The lowest BCUT2D eigenvalue weighted by molar-refractivity contribution is 0.427. The third-order valence-electron chi connectivity index (χ3n) is 2.17. The minimum atomic E-state index is -0.486. The van der Waals surface area contributed by atoms with Gasteiger partial charge in [-0.05, 0) is 24.6 Å². The number of hydrogen-bond acceptors (Lipinski definition) is 6. The van der Waals surface area contributed by atoms with Gasteiger partial charge in [0.15, 0.2) is 11.6 Å². The lowest BCUT2D eigenvalue weighted by atomic mass is 10.2. The van der Waals surface area contributed by atoms with E-state index in [1.165, 1.54) is 12.1 Å². The summed E-state index contributed by atoms with van der Waals surface area (Å²) in [6.45, 7) is 1.83. The Morgan fingerprint density at radius 3 is 2.78 bits per heavy atom. The van der Waals surface area contributed by atoms with Crippen LogP contribution in [0.3, 0.4) is 0 Å². The van der Waals surface area contributed by atoms with Crippen LogP contribution in [-0.4, -0.2) is 9.97 Å². The molecule has 0 spiro atoms. The van der Waals surface area contributed by atoms with Gasteiger partial charge in [0.2, 0.25) is 11.8 Å². The van der Waals surface area contributed by atoms with Crippen molar-refractivity contribution in [2.75, 3.05) is 11.2 Å². The predicted octanol–water partition coefficient (Wildman–Crippen LogP) is 1.58. The Bertz CT molecular complexity index is 575. The highest BCUT2D eigenvalue weighted by molar-refractivity contribution is 5.43. The Labute approximate surface area is 103 Å². The van der Waals surface area contributed by atoms with Crippen LogP contribution in [0.1, 0.15) is 5.56 Å². The van der Waals surface area contributed by atoms with Crippen molar-refractivity contribution >= 4 is 11.8 Å². The predicted molar refractivity (Wildman–Crippen MR) is 65.5 cm³/mol. The van der Waals surface area contributed by atoms with E-state index in [4.69, 9.17) is 16.3 Å². The van der Waals surface area contributed by atoms with E-state index in [1.54, 1.807) is 12.1 Å². The van der Waals surface area contributed by atoms with Crippen molar-refractivity contribution in [3.8, 4) is 11.6 Å². The van der Waals surface area contributed by atoms with E-state index in [9.17, 15) is 4.39 Å². The molecular weight excluding hydrogens is 237 g/mol. The SMILES string of the molecule is Cc1ccc(F)c(Oc2cc(NN)nc(N)n2)c1. The van der Waals surface area contributed by atoms with E-state index in [0.29, 0.717) is 0 Å². The van der Waals surface area contributed by atoms with Crippen molar-refractivity contribution in [2.24, 2.45) is 5.84 Å². The van der Waals surface area contributed by atoms with Gasteiger partial charge in [0.05, 0.1) is 0 Å². The lowest BCUT2D eigenvalue weighted by Gasteiger charge is -2.08. The van der Waals surface area contributed by atoms with Gasteiger partial charge >= 0.3 is 0 Å². The smallest absolute Gasteiger partial charge is 0.226 e. The molecule has 5 N–H and O–H groups in total. The van der Waals surface area contributed by atoms with E-state index in [1.807, 2.05) is 6.92 Å². The molecule has 0 fully saturated rings. The molecule has 0 unspecified atom stereocenters. The van der Waals surface area contributed by atoms with Gasteiger partial charge in [-0.3, -0.25) is 0 Å². The quantitative estimate of drug-likeness (QED) is 0.564. The molecule has 2 rings (SSSR count). The van der Waals surface area contributed by atoms with Crippen LogP contribution in [-0.2, 0) is 0 Å². The molecule has 0 atom stereocenters. The number of aromatic nitrogens is 2. The standard InChI is InChI=1S/C11H12FN5O/c1-6-2-3-7(12)8(4-6)18-10-5-9(17-14)15-11(13)16-10/h2-5H,14H2,1H3,(H3,13,15,16,17). The number of nitrogens with one attached hydrogen (secondary N) is 1. The first-order chi connectivity index (χ1) is 8.58. The molecule has 0 radical (unpaired) electrons. The summed E-state index contributed by atoms with van der Waals surface area (Å²) in [5.41, 5.74) is 8.65. The van der Waals surface area contributed by atoms with Crippen LogP contribution >= 0.6 is 0 Å². The maximum Gasteiger partial charge on any atom is 0.226 e. The average Bonchev–Trinajstić information content (AvgIpc) is 2.33. The molecule has 94 valence electrons. The highest BCUT2D eigenvalue weighted by atomic mass is 19.1. The van der Waals surface area contributed by atoms with Gasteiger partial charge in [0.1, 0.15) is 5.82 Å². The van der Waals surface area contributed by atoms with Crippen LogP contribution in [0.15, 0.2) is 24.3 Å². The van der Waals surface area contributed by atoms with Crippen LogP contribution in [0.4, 0.5) is 16.2 Å². The van der Waals surface area contributed by atoms with Crippen LogP contribution in [0.2, 0.25) is 0 Å². The molecule has 6 nitrogen and oxygen atoms in total. The molecule has 1 heterocycles. The van der Waals surface area contributed by atoms with E-state index >= 15 is 0 Å². The van der Waals surface area contributed by atoms with Gasteiger partial charge in [0.25, 0.3) is 0 Å². The van der Waals surface area contributed by atoms with Gasteiger partial charge in [-0.25, -0.2) is 10.2 Å². The summed E-state index contributed by atoms with van der Waals surface area (Å²) in [5.74, 6) is 5.16. The third-order valence-corrected chi connectivity index (χ3v) is 2.17. The van der Waals surface area contributed by atoms with Crippen molar-refractivity contribution in [3.63, 3.8) is 0 Å². The second-order valence-corrected chi connectivity index (χ2v) is 3.63. The Kier molecular flexibility index (Phi) is 3.24. The van der Waals surface area contributed by atoms with E-state index < -0.39 is 5.82 Å². The molecule has 1 aromatic carbocycles. The maximum absolute atomic E-state index is 13.5. The van der Waals surface area contributed by atoms with Gasteiger partial charge in [-0.15, -0.1) is 0 Å². The Morgan fingerprint density at radius 2 is 2.06 bits per heavy atom. The van der Waals surface area contributed by atoms with Crippen molar-refractivity contribution in [1.82, 2.24) is 9.97 Å². The highest BCUT2D eigenvalue weighted by Gasteiger charge is 2.08. The normalized spacial score (nSPS) is 10.2. The number of hydrazine groups is 1. The molecule has 0 aliphatic carbocycles. The zero-order valence-electron chi connectivity index (χ0n) is 9.64. The first kappa shape index (κ1) is 12.1. The van der Waals surface area contributed by atoms with Gasteiger partial charge in [-0.2, -0.15) is 9.97 Å². The summed E-state index contributed by atoms with van der Waals surface area (Å²) in [6.07, 6.45) is 0. The molecule has 0 amide bonds. The minimum absolute atomic E-state index is 0.0199. The fourth-order valence-corrected chi connectivity index (χ4v) is 1.37.